The molecule has 0 spiro atoms. The van der Waals surface area contributed by atoms with E-state index in [9.17, 15) is 14.4 Å². The van der Waals surface area contributed by atoms with Gasteiger partial charge in [0.15, 0.2) is 0 Å². The first-order valence-corrected chi connectivity index (χ1v) is 12.5. The summed E-state index contributed by atoms with van der Waals surface area (Å²) in [7, 11) is 0. The molecule has 0 aromatic heterocycles. The van der Waals surface area contributed by atoms with E-state index in [-0.39, 0.29) is 42.7 Å². The van der Waals surface area contributed by atoms with Crippen LogP contribution in [0.15, 0.2) is 48.5 Å². The molecular formula is C28H34N2O5. The van der Waals surface area contributed by atoms with Gasteiger partial charge in [0, 0.05) is 30.8 Å². The molecule has 1 unspecified atom stereocenters. The lowest BCUT2D eigenvalue weighted by Crippen LogP contribution is -2.44. The molecule has 2 aromatic rings. The standard InChI is InChI=1S/C28H34N2O5/c1-18(14-15-26(31)32)30-27(33)20-9-3-2-8-19(20)16-29-28(34)35-17-25-23-12-6-4-10-21(23)22-11-5-7-13-24(22)25/h4-7,10-13,18-20,25H,2-3,8-9,14-17H2,1H3,(H,29,34)(H,30,33)(H,31,32)/t18?,19-,20-/m0/s1. The lowest BCUT2D eigenvalue weighted by molar-refractivity contribution is -0.137. The van der Waals surface area contributed by atoms with E-state index >= 15 is 0 Å². The summed E-state index contributed by atoms with van der Waals surface area (Å²) in [5, 5.41) is 14.7. The topological polar surface area (TPSA) is 105 Å². The molecule has 186 valence electrons. The fourth-order valence-electron chi connectivity index (χ4n) is 5.42. The third-order valence-electron chi connectivity index (χ3n) is 7.28. The van der Waals surface area contributed by atoms with Gasteiger partial charge in [0.2, 0.25) is 5.91 Å². The van der Waals surface area contributed by atoms with E-state index in [0.717, 1.165) is 25.7 Å². The van der Waals surface area contributed by atoms with E-state index in [1.807, 2.05) is 31.2 Å². The number of nitrogens with one attached hydrogen (secondary N) is 2. The highest BCUT2D eigenvalue weighted by Gasteiger charge is 2.32. The van der Waals surface area contributed by atoms with Gasteiger partial charge in [0.25, 0.3) is 0 Å². The molecule has 35 heavy (non-hydrogen) atoms. The summed E-state index contributed by atoms with van der Waals surface area (Å²) in [5.41, 5.74) is 4.71. The molecule has 0 radical (unpaired) electrons. The van der Waals surface area contributed by atoms with E-state index in [1.54, 1.807) is 0 Å². The van der Waals surface area contributed by atoms with E-state index in [2.05, 4.69) is 34.9 Å². The number of amides is 2. The Hall–Kier alpha value is -3.35. The van der Waals surface area contributed by atoms with Crippen molar-refractivity contribution in [1.29, 1.82) is 0 Å². The van der Waals surface area contributed by atoms with Crippen LogP contribution in [0.1, 0.15) is 62.5 Å². The van der Waals surface area contributed by atoms with E-state index < -0.39 is 12.1 Å². The summed E-state index contributed by atoms with van der Waals surface area (Å²) in [6.45, 7) is 2.47. The minimum absolute atomic E-state index is 0.00801. The smallest absolute Gasteiger partial charge is 0.407 e. The molecule has 1 fully saturated rings. The summed E-state index contributed by atoms with van der Waals surface area (Å²) in [5.74, 6) is -1.06. The minimum Gasteiger partial charge on any atom is -0.481 e. The number of ether oxygens (including phenoxy) is 1. The monoisotopic (exact) mass is 478 g/mol. The first-order valence-electron chi connectivity index (χ1n) is 12.5. The number of carbonyl (C=O) groups excluding carboxylic acids is 2. The Kier molecular flexibility index (Phi) is 8.06. The predicted molar refractivity (Wildman–Crippen MR) is 133 cm³/mol. The quantitative estimate of drug-likeness (QED) is 0.485. The van der Waals surface area contributed by atoms with Crippen LogP contribution in [0.3, 0.4) is 0 Å². The van der Waals surface area contributed by atoms with Gasteiger partial charge in [-0.2, -0.15) is 0 Å². The second kappa shape index (κ2) is 11.4. The van der Waals surface area contributed by atoms with Gasteiger partial charge in [-0.25, -0.2) is 4.79 Å². The molecule has 2 aliphatic rings. The molecule has 0 saturated heterocycles. The Morgan fingerprint density at radius 3 is 2.29 bits per heavy atom. The first-order chi connectivity index (χ1) is 16.9. The number of alkyl carbamates (subject to hydrolysis) is 1. The number of hydrogen-bond donors (Lipinski definition) is 3. The molecular weight excluding hydrogens is 444 g/mol. The Morgan fingerprint density at radius 2 is 1.63 bits per heavy atom. The van der Waals surface area contributed by atoms with Crippen molar-refractivity contribution in [2.24, 2.45) is 11.8 Å². The Bertz CT molecular complexity index is 1020. The third kappa shape index (κ3) is 6.02. The summed E-state index contributed by atoms with van der Waals surface area (Å²) in [4.78, 5) is 36.2. The van der Waals surface area contributed by atoms with E-state index in [1.165, 1.54) is 22.3 Å². The number of aliphatic carboxylic acids is 1. The van der Waals surface area contributed by atoms with Crippen molar-refractivity contribution in [2.75, 3.05) is 13.2 Å². The maximum Gasteiger partial charge on any atom is 0.407 e. The Balaban J connectivity index is 1.29. The summed E-state index contributed by atoms with van der Waals surface area (Å²) >= 11 is 0. The van der Waals surface area contributed by atoms with Crippen molar-refractivity contribution in [3.63, 3.8) is 0 Å². The third-order valence-corrected chi connectivity index (χ3v) is 7.28. The van der Waals surface area contributed by atoms with Gasteiger partial charge in [0.1, 0.15) is 6.61 Å². The minimum atomic E-state index is -0.867. The fraction of sp³-hybridized carbons (Fsp3) is 0.464. The van der Waals surface area contributed by atoms with Gasteiger partial charge in [-0.05, 0) is 54.4 Å². The maximum absolute atomic E-state index is 12.8. The molecule has 2 aromatic carbocycles. The number of fused-ring (bicyclic) bond motifs is 3. The van der Waals surface area contributed by atoms with Crippen LogP contribution in [0.25, 0.3) is 11.1 Å². The highest BCUT2D eigenvalue weighted by molar-refractivity contribution is 5.80. The maximum atomic E-state index is 12.8. The number of benzene rings is 2. The molecule has 0 heterocycles. The molecule has 7 heteroatoms. The van der Waals surface area contributed by atoms with Crippen molar-refractivity contribution in [1.82, 2.24) is 10.6 Å². The number of carboxylic acids is 1. The van der Waals surface area contributed by atoms with Crippen LogP contribution in [-0.2, 0) is 14.3 Å². The molecule has 2 aliphatic carbocycles. The molecule has 4 rings (SSSR count). The second-order valence-electron chi connectivity index (χ2n) is 9.70. The van der Waals surface area contributed by atoms with Crippen LogP contribution in [-0.4, -0.2) is 42.3 Å². The van der Waals surface area contributed by atoms with Crippen LogP contribution in [0.2, 0.25) is 0 Å². The molecule has 3 atom stereocenters. The molecule has 0 aliphatic heterocycles. The zero-order valence-corrected chi connectivity index (χ0v) is 20.2. The lowest BCUT2D eigenvalue weighted by atomic mass is 9.78. The van der Waals surface area contributed by atoms with Gasteiger partial charge >= 0.3 is 12.1 Å². The van der Waals surface area contributed by atoms with E-state index in [4.69, 9.17) is 9.84 Å². The normalized spacial score (nSPS) is 19.8. The highest BCUT2D eigenvalue weighted by Crippen LogP contribution is 2.44. The Labute approximate surface area is 206 Å². The molecule has 7 nitrogen and oxygen atoms in total. The number of rotatable bonds is 9. The molecule has 1 saturated carbocycles. The number of carbonyl (C=O) groups is 3. The Morgan fingerprint density at radius 1 is 1.00 bits per heavy atom. The highest BCUT2D eigenvalue weighted by atomic mass is 16.5. The number of carboxylic acid groups (broad SMARTS) is 1. The van der Waals surface area contributed by atoms with Gasteiger partial charge in [-0.1, -0.05) is 61.4 Å². The SMILES string of the molecule is CC(CCC(=O)O)NC(=O)[C@H]1CCCC[C@H]1CNC(=O)OCC1c2ccccc2-c2ccccc21. The fourth-order valence-corrected chi connectivity index (χ4v) is 5.42. The van der Waals surface area contributed by atoms with Gasteiger partial charge in [-0.15, -0.1) is 0 Å². The molecule has 2 amide bonds. The second-order valence-corrected chi connectivity index (χ2v) is 9.70. The van der Waals surface area contributed by atoms with Crippen molar-refractivity contribution < 1.29 is 24.2 Å². The average molecular weight is 479 g/mol. The summed E-state index contributed by atoms with van der Waals surface area (Å²) in [6, 6.07) is 16.2. The number of hydrogen-bond acceptors (Lipinski definition) is 4. The van der Waals surface area contributed by atoms with Crippen molar-refractivity contribution in [2.45, 2.75) is 57.4 Å². The zero-order valence-electron chi connectivity index (χ0n) is 20.2. The van der Waals surface area contributed by atoms with Crippen LogP contribution >= 0.6 is 0 Å². The lowest BCUT2D eigenvalue weighted by Gasteiger charge is -2.31. The van der Waals surface area contributed by atoms with Crippen LogP contribution < -0.4 is 10.6 Å². The van der Waals surface area contributed by atoms with Crippen molar-refractivity contribution >= 4 is 18.0 Å². The van der Waals surface area contributed by atoms with Crippen LogP contribution in [0.5, 0.6) is 0 Å². The predicted octanol–water partition coefficient (Wildman–Crippen LogP) is 4.70. The average Bonchev–Trinajstić information content (AvgIpc) is 3.19. The first kappa shape index (κ1) is 24.8. The van der Waals surface area contributed by atoms with Crippen LogP contribution in [0, 0.1) is 11.8 Å². The summed E-state index contributed by atoms with van der Waals surface area (Å²) in [6.07, 6.45) is 3.60. The molecule has 3 N–H and O–H groups in total. The van der Waals surface area contributed by atoms with Gasteiger partial charge in [-0.3, -0.25) is 9.59 Å². The largest absolute Gasteiger partial charge is 0.481 e. The van der Waals surface area contributed by atoms with Gasteiger partial charge < -0.3 is 20.5 Å². The molecule has 0 bridgehead atoms. The van der Waals surface area contributed by atoms with Crippen molar-refractivity contribution in [3.05, 3.63) is 59.7 Å². The van der Waals surface area contributed by atoms with Crippen LogP contribution in [0.4, 0.5) is 4.79 Å². The van der Waals surface area contributed by atoms with E-state index in [0.29, 0.717) is 13.0 Å². The van der Waals surface area contributed by atoms with Crippen molar-refractivity contribution in [3.8, 4) is 11.1 Å². The zero-order chi connectivity index (χ0) is 24.8. The van der Waals surface area contributed by atoms with Gasteiger partial charge in [0.05, 0.1) is 0 Å². The summed E-state index contributed by atoms with van der Waals surface area (Å²) < 4.78 is 5.64.